The number of amides is 2. The van der Waals surface area contributed by atoms with Gasteiger partial charge in [-0.15, -0.1) is 0 Å². The SMILES string of the molecule is N#Cc1ccc(C(=O)N/N=C\c2ccc(OCC(=O)Nc3ccccc3)cc2)c(F)c1. The van der Waals surface area contributed by atoms with Crippen molar-refractivity contribution in [2.24, 2.45) is 5.10 Å². The molecule has 0 heterocycles. The van der Waals surface area contributed by atoms with E-state index in [1.807, 2.05) is 18.2 Å². The van der Waals surface area contributed by atoms with E-state index in [1.54, 1.807) is 42.5 Å². The second kappa shape index (κ2) is 10.3. The predicted octanol–water partition coefficient (Wildman–Crippen LogP) is 3.48. The Balaban J connectivity index is 1.48. The van der Waals surface area contributed by atoms with Gasteiger partial charge in [0.2, 0.25) is 0 Å². The minimum Gasteiger partial charge on any atom is -0.484 e. The molecule has 3 aromatic rings. The average molecular weight is 416 g/mol. The van der Waals surface area contributed by atoms with Crippen molar-refractivity contribution in [1.82, 2.24) is 5.43 Å². The van der Waals surface area contributed by atoms with Crippen LogP contribution in [0.4, 0.5) is 10.1 Å². The van der Waals surface area contributed by atoms with Gasteiger partial charge in [-0.25, -0.2) is 9.82 Å². The van der Waals surface area contributed by atoms with Crippen molar-refractivity contribution in [2.75, 3.05) is 11.9 Å². The standard InChI is InChI=1S/C23H17FN4O3/c24-21-12-17(13-25)8-11-20(21)23(30)28-26-14-16-6-9-19(10-7-16)31-15-22(29)27-18-4-2-1-3-5-18/h1-12,14H,15H2,(H,27,29)(H,28,30)/b26-14-. The van der Waals surface area contributed by atoms with Gasteiger partial charge in [0.05, 0.1) is 23.4 Å². The van der Waals surface area contributed by atoms with Crippen LogP contribution in [-0.2, 0) is 4.79 Å². The molecule has 0 aliphatic carbocycles. The Bertz CT molecular complexity index is 1140. The Kier molecular flexibility index (Phi) is 7.06. The van der Waals surface area contributed by atoms with Crippen molar-refractivity contribution >= 4 is 23.7 Å². The number of hydrogen-bond donors (Lipinski definition) is 2. The molecule has 0 unspecified atom stereocenters. The van der Waals surface area contributed by atoms with Crippen LogP contribution < -0.4 is 15.5 Å². The first-order chi connectivity index (χ1) is 15.0. The lowest BCUT2D eigenvalue weighted by Crippen LogP contribution is -2.20. The molecule has 3 rings (SSSR count). The van der Waals surface area contributed by atoms with Crippen LogP contribution in [0, 0.1) is 17.1 Å². The summed E-state index contributed by atoms with van der Waals surface area (Å²) in [5, 5.41) is 15.2. The topological polar surface area (TPSA) is 104 Å². The number of halogens is 1. The number of carbonyl (C=O) groups is 2. The normalized spacial score (nSPS) is 10.3. The highest BCUT2D eigenvalue weighted by molar-refractivity contribution is 5.95. The van der Waals surface area contributed by atoms with Gasteiger partial charge in [-0.3, -0.25) is 9.59 Å². The molecule has 0 fully saturated rings. The van der Waals surface area contributed by atoms with Crippen LogP contribution in [0.25, 0.3) is 0 Å². The molecule has 2 N–H and O–H groups in total. The first kappa shape index (κ1) is 21.2. The highest BCUT2D eigenvalue weighted by Crippen LogP contribution is 2.12. The van der Waals surface area contributed by atoms with E-state index < -0.39 is 11.7 Å². The molecule has 0 saturated heterocycles. The lowest BCUT2D eigenvalue weighted by molar-refractivity contribution is -0.118. The molecule has 31 heavy (non-hydrogen) atoms. The van der Waals surface area contributed by atoms with Gasteiger partial charge in [-0.05, 0) is 60.2 Å². The molecular weight excluding hydrogens is 399 g/mol. The largest absolute Gasteiger partial charge is 0.484 e. The number of anilines is 1. The summed E-state index contributed by atoms with van der Waals surface area (Å²) in [5.41, 5.74) is 3.48. The zero-order chi connectivity index (χ0) is 22.1. The summed E-state index contributed by atoms with van der Waals surface area (Å²) >= 11 is 0. The van der Waals surface area contributed by atoms with E-state index in [-0.39, 0.29) is 23.6 Å². The zero-order valence-corrected chi connectivity index (χ0v) is 16.2. The minimum atomic E-state index is -0.801. The summed E-state index contributed by atoms with van der Waals surface area (Å²) in [7, 11) is 0. The zero-order valence-electron chi connectivity index (χ0n) is 16.2. The van der Waals surface area contributed by atoms with Gasteiger partial charge in [-0.1, -0.05) is 18.2 Å². The van der Waals surface area contributed by atoms with Crippen LogP contribution in [-0.4, -0.2) is 24.6 Å². The highest BCUT2D eigenvalue weighted by atomic mass is 19.1. The molecule has 0 aliphatic rings. The van der Waals surface area contributed by atoms with Crippen molar-refractivity contribution in [1.29, 1.82) is 5.26 Å². The number of hydrazone groups is 1. The number of para-hydroxylation sites is 1. The quantitative estimate of drug-likeness (QED) is 0.455. The van der Waals surface area contributed by atoms with Crippen molar-refractivity contribution in [3.8, 4) is 11.8 Å². The predicted molar refractivity (Wildman–Crippen MR) is 113 cm³/mol. The lowest BCUT2D eigenvalue weighted by atomic mass is 10.1. The molecule has 2 amide bonds. The van der Waals surface area contributed by atoms with E-state index in [2.05, 4.69) is 15.8 Å². The summed E-state index contributed by atoms with van der Waals surface area (Å²) in [6.07, 6.45) is 1.38. The number of carbonyl (C=O) groups excluding carboxylic acids is 2. The van der Waals surface area contributed by atoms with Crippen molar-refractivity contribution in [3.63, 3.8) is 0 Å². The molecule has 0 aromatic heterocycles. The van der Waals surface area contributed by atoms with Crippen LogP contribution in [0.15, 0.2) is 77.9 Å². The average Bonchev–Trinajstić information content (AvgIpc) is 2.79. The van der Waals surface area contributed by atoms with Crippen LogP contribution in [0.1, 0.15) is 21.5 Å². The van der Waals surface area contributed by atoms with Crippen molar-refractivity contribution in [3.05, 3.63) is 95.3 Å². The molecule has 154 valence electrons. The summed E-state index contributed by atoms with van der Waals surface area (Å²) in [4.78, 5) is 23.9. The fourth-order valence-electron chi connectivity index (χ4n) is 2.51. The van der Waals surface area contributed by atoms with Gasteiger partial charge in [0, 0.05) is 5.69 Å². The van der Waals surface area contributed by atoms with Crippen molar-refractivity contribution in [2.45, 2.75) is 0 Å². The van der Waals surface area contributed by atoms with E-state index in [0.29, 0.717) is 17.0 Å². The Labute approximate surface area is 177 Å². The third kappa shape index (κ3) is 6.24. The fourth-order valence-corrected chi connectivity index (χ4v) is 2.51. The summed E-state index contributed by atoms with van der Waals surface area (Å²) in [6, 6.07) is 21.1. The second-order valence-corrected chi connectivity index (χ2v) is 6.28. The van der Waals surface area contributed by atoms with Crippen LogP contribution >= 0.6 is 0 Å². The monoisotopic (exact) mass is 416 g/mol. The van der Waals surface area contributed by atoms with Gasteiger partial charge in [0.1, 0.15) is 11.6 Å². The number of rotatable bonds is 7. The molecular formula is C23H17FN4O3. The number of benzene rings is 3. The molecule has 0 radical (unpaired) electrons. The molecule has 7 nitrogen and oxygen atoms in total. The number of ether oxygens (including phenoxy) is 1. The fraction of sp³-hybridized carbons (Fsp3) is 0.0435. The van der Waals surface area contributed by atoms with Gasteiger partial charge < -0.3 is 10.1 Å². The summed E-state index contributed by atoms with van der Waals surface area (Å²) in [6.45, 7) is -0.144. The third-order valence-electron chi connectivity index (χ3n) is 4.03. The summed E-state index contributed by atoms with van der Waals surface area (Å²) < 4.78 is 19.3. The Morgan fingerprint density at radius 1 is 1.06 bits per heavy atom. The Morgan fingerprint density at radius 2 is 1.81 bits per heavy atom. The summed E-state index contributed by atoms with van der Waals surface area (Å²) in [5.74, 6) is -1.33. The first-order valence-electron chi connectivity index (χ1n) is 9.16. The van der Waals surface area contributed by atoms with Gasteiger partial charge in [-0.2, -0.15) is 10.4 Å². The maximum atomic E-state index is 13.8. The molecule has 0 atom stereocenters. The van der Waals surface area contributed by atoms with Crippen LogP contribution in [0.3, 0.4) is 0 Å². The molecule has 8 heteroatoms. The van der Waals surface area contributed by atoms with Gasteiger partial charge >= 0.3 is 0 Å². The van der Waals surface area contributed by atoms with E-state index in [1.165, 1.54) is 18.3 Å². The Hall–Kier alpha value is -4.51. The molecule has 3 aromatic carbocycles. The third-order valence-corrected chi connectivity index (χ3v) is 4.03. The Morgan fingerprint density at radius 3 is 2.48 bits per heavy atom. The van der Waals surface area contributed by atoms with E-state index in [0.717, 1.165) is 6.07 Å². The van der Waals surface area contributed by atoms with E-state index in [9.17, 15) is 14.0 Å². The molecule has 0 saturated carbocycles. The minimum absolute atomic E-state index is 0.123. The maximum absolute atomic E-state index is 13.8. The van der Waals surface area contributed by atoms with Crippen molar-refractivity contribution < 1.29 is 18.7 Å². The maximum Gasteiger partial charge on any atom is 0.274 e. The van der Waals surface area contributed by atoms with E-state index >= 15 is 0 Å². The second-order valence-electron chi connectivity index (χ2n) is 6.28. The number of hydrogen-bond acceptors (Lipinski definition) is 5. The van der Waals surface area contributed by atoms with Crippen LogP contribution in [0.2, 0.25) is 0 Å². The number of nitrogens with one attached hydrogen (secondary N) is 2. The molecule has 0 aliphatic heterocycles. The van der Waals surface area contributed by atoms with Gasteiger partial charge in [0.15, 0.2) is 6.61 Å². The number of nitrogens with zero attached hydrogens (tertiary/aromatic N) is 2. The molecule has 0 spiro atoms. The first-order valence-corrected chi connectivity index (χ1v) is 9.16. The van der Waals surface area contributed by atoms with E-state index in [4.69, 9.17) is 10.00 Å². The van der Waals surface area contributed by atoms with Gasteiger partial charge in [0.25, 0.3) is 11.8 Å². The highest BCUT2D eigenvalue weighted by Gasteiger charge is 2.11. The lowest BCUT2D eigenvalue weighted by Gasteiger charge is -2.07. The smallest absolute Gasteiger partial charge is 0.274 e. The number of nitriles is 1. The molecule has 0 bridgehead atoms. The van der Waals surface area contributed by atoms with Crippen LogP contribution in [0.5, 0.6) is 5.75 Å².